The summed E-state index contributed by atoms with van der Waals surface area (Å²) in [6.45, 7) is 7.52. The van der Waals surface area contributed by atoms with E-state index in [4.69, 9.17) is 4.74 Å². The summed E-state index contributed by atoms with van der Waals surface area (Å²) in [7, 11) is 0. The molecule has 4 amide bonds. The van der Waals surface area contributed by atoms with Crippen LogP contribution in [-0.2, 0) is 38.6 Å². The number of amides is 4. The summed E-state index contributed by atoms with van der Waals surface area (Å²) in [6, 6.07) is 22.6. The minimum absolute atomic E-state index is 0.00278. The molecule has 1 aromatic heterocycles. The van der Waals surface area contributed by atoms with Crippen molar-refractivity contribution in [1.29, 1.82) is 0 Å². The van der Waals surface area contributed by atoms with Gasteiger partial charge in [0.05, 0.1) is 31.2 Å². The van der Waals surface area contributed by atoms with Crippen LogP contribution >= 0.6 is 0 Å². The first kappa shape index (κ1) is 42.4. The van der Waals surface area contributed by atoms with E-state index in [2.05, 4.69) is 26.3 Å². The zero-order valence-corrected chi connectivity index (χ0v) is 32.1. The Bertz CT molecular complexity index is 1820. The number of ether oxygens (including phenoxy) is 1. The van der Waals surface area contributed by atoms with Gasteiger partial charge in [-0.25, -0.2) is 4.79 Å². The number of hydrogen-bond acceptors (Lipinski definition) is 8. The summed E-state index contributed by atoms with van der Waals surface area (Å²) in [5.74, 6) is -1.58. The number of benzene rings is 3. The van der Waals surface area contributed by atoms with E-state index in [9.17, 15) is 29.4 Å². The Morgan fingerprint density at radius 1 is 0.745 bits per heavy atom. The Morgan fingerprint density at radius 2 is 1.42 bits per heavy atom. The molecule has 0 radical (unpaired) electrons. The normalized spacial score (nSPS) is 14.5. The number of hydrogen-bond donors (Lipinski definition) is 6. The maximum atomic E-state index is 14.3. The average Bonchev–Trinajstić information content (AvgIpc) is 3.18. The summed E-state index contributed by atoms with van der Waals surface area (Å²) in [5.41, 5.74) is 2.26. The summed E-state index contributed by atoms with van der Waals surface area (Å²) in [5, 5.41) is 34.3. The molecule has 0 saturated carbocycles. The second-order valence-corrected chi connectivity index (χ2v) is 14.5. The van der Waals surface area contributed by atoms with Crippen LogP contribution in [0.4, 0.5) is 4.79 Å². The number of nitrogens with zero attached hydrogens (tertiary/aromatic N) is 1. The molecule has 0 fully saturated rings. The molecule has 4 aromatic rings. The Morgan fingerprint density at radius 3 is 2.11 bits per heavy atom. The third kappa shape index (κ3) is 13.5. The van der Waals surface area contributed by atoms with Gasteiger partial charge in [0.1, 0.15) is 18.7 Å². The predicted octanol–water partition coefficient (Wildman–Crippen LogP) is 4.60. The van der Waals surface area contributed by atoms with E-state index in [1.54, 1.807) is 24.5 Å². The molecule has 4 rings (SSSR count). The number of carbonyl (C=O) groups excluding carboxylic acids is 4. The molecule has 0 aliphatic rings. The fraction of sp³-hybridized carbons (Fsp3) is 0.419. The molecule has 1 heterocycles. The van der Waals surface area contributed by atoms with E-state index in [1.165, 1.54) is 0 Å². The molecule has 55 heavy (non-hydrogen) atoms. The average molecular weight is 754 g/mol. The fourth-order valence-electron chi connectivity index (χ4n) is 6.40. The van der Waals surface area contributed by atoms with Gasteiger partial charge in [0.2, 0.25) is 17.7 Å². The predicted molar refractivity (Wildman–Crippen MR) is 212 cm³/mol. The molecule has 6 N–H and O–H groups in total. The van der Waals surface area contributed by atoms with Crippen molar-refractivity contribution in [3.63, 3.8) is 0 Å². The molecule has 12 heteroatoms. The number of alkyl carbamates (subject to hydrolysis) is 1. The number of carbonyl (C=O) groups is 4. The number of aromatic nitrogens is 1. The van der Waals surface area contributed by atoms with Gasteiger partial charge in [-0.15, -0.1) is 0 Å². The van der Waals surface area contributed by atoms with Crippen LogP contribution in [0.1, 0.15) is 63.6 Å². The molecule has 0 aliphatic heterocycles. The molecule has 0 spiro atoms. The van der Waals surface area contributed by atoms with E-state index >= 15 is 0 Å². The topological polar surface area (TPSA) is 179 Å². The zero-order valence-electron chi connectivity index (χ0n) is 32.1. The van der Waals surface area contributed by atoms with E-state index in [0.29, 0.717) is 12.0 Å². The maximum absolute atomic E-state index is 14.3. The van der Waals surface area contributed by atoms with Crippen molar-refractivity contribution in [1.82, 2.24) is 26.3 Å². The van der Waals surface area contributed by atoms with Crippen molar-refractivity contribution in [3.8, 4) is 0 Å². The lowest BCUT2D eigenvalue weighted by atomic mass is 9.95. The fourth-order valence-corrected chi connectivity index (χ4v) is 6.40. The third-order valence-corrected chi connectivity index (χ3v) is 9.71. The highest BCUT2D eigenvalue weighted by atomic mass is 16.5. The van der Waals surface area contributed by atoms with E-state index in [-0.39, 0.29) is 44.3 Å². The highest BCUT2D eigenvalue weighted by molar-refractivity contribution is 5.93. The van der Waals surface area contributed by atoms with Crippen LogP contribution in [0, 0.1) is 11.8 Å². The lowest BCUT2D eigenvalue weighted by Gasteiger charge is -2.29. The molecule has 0 bridgehead atoms. The van der Waals surface area contributed by atoms with Gasteiger partial charge in [-0.2, -0.15) is 0 Å². The molecule has 12 nitrogen and oxygen atoms in total. The lowest BCUT2D eigenvalue weighted by Crippen LogP contribution is -2.57. The van der Waals surface area contributed by atoms with Crippen molar-refractivity contribution in [2.45, 2.75) is 96.7 Å². The van der Waals surface area contributed by atoms with E-state index in [0.717, 1.165) is 28.3 Å². The standard InChI is InChI=1S/C43H55N5O7/c1-5-29(4)38(26-49)45-40(51)24-39(50)35(21-28(2)3)46-41(52)36(22-31-15-12-20-44-25-31)47-42(53)37(48-43(54)55-27-30-13-7-6-8-14-30)23-33-18-11-17-32-16-9-10-19-34(32)33/h6-20,25,28-29,35-39,49-50H,5,21-24,26-27H2,1-4H3,(H,45,51)(H,46,52)(H,47,53)(H,48,54)/t29?,35?,36-,37-,38+,39?/m0/s1. The SMILES string of the molecule is CCC(C)[C@@H](CO)NC(=O)CC(O)C(CC(C)C)NC(=O)[C@H](Cc1cccnc1)NC(=O)[C@H](Cc1cccc2ccccc12)NC(=O)OCc1ccccc1. The minimum atomic E-state index is -1.25. The highest BCUT2D eigenvalue weighted by Gasteiger charge is 2.32. The highest BCUT2D eigenvalue weighted by Crippen LogP contribution is 2.21. The summed E-state index contributed by atoms with van der Waals surface area (Å²) >= 11 is 0. The van der Waals surface area contributed by atoms with Crippen LogP contribution in [0.15, 0.2) is 97.3 Å². The van der Waals surface area contributed by atoms with Gasteiger partial charge in [-0.05, 0) is 51.8 Å². The van der Waals surface area contributed by atoms with Gasteiger partial charge in [0.15, 0.2) is 0 Å². The number of pyridine rings is 1. The van der Waals surface area contributed by atoms with Crippen molar-refractivity contribution < 1.29 is 34.1 Å². The molecule has 6 atom stereocenters. The van der Waals surface area contributed by atoms with Gasteiger partial charge in [0.25, 0.3) is 0 Å². The molecule has 0 saturated heterocycles. The van der Waals surface area contributed by atoms with Crippen LogP contribution in [0.3, 0.4) is 0 Å². The van der Waals surface area contributed by atoms with Crippen molar-refractivity contribution >= 4 is 34.6 Å². The van der Waals surface area contributed by atoms with Crippen LogP contribution in [0.2, 0.25) is 0 Å². The Labute approximate surface area is 323 Å². The second-order valence-electron chi connectivity index (χ2n) is 14.5. The number of aliphatic hydroxyl groups is 2. The Hall–Kier alpha value is -5.33. The quantitative estimate of drug-likeness (QED) is 0.0758. The third-order valence-electron chi connectivity index (χ3n) is 9.71. The summed E-state index contributed by atoms with van der Waals surface area (Å²) in [4.78, 5) is 58.7. The first-order valence-electron chi connectivity index (χ1n) is 19.0. The number of rotatable bonds is 20. The molecule has 3 unspecified atom stereocenters. The second kappa shape index (κ2) is 21.5. The van der Waals surface area contributed by atoms with E-state index < -0.39 is 54.1 Å². The van der Waals surface area contributed by atoms with Crippen LogP contribution in [-0.4, -0.2) is 75.9 Å². The number of nitrogens with one attached hydrogen (secondary N) is 4. The number of aliphatic hydroxyl groups excluding tert-OH is 2. The van der Waals surface area contributed by atoms with Crippen LogP contribution in [0.25, 0.3) is 10.8 Å². The maximum Gasteiger partial charge on any atom is 0.408 e. The van der Waals surface area contributed by atoms with Crippen LogP contribution in [0.5, 0.6) is 0 Å². The molecular weight excluding hydrogens is 699 g/mol. The van der Waals surface area contributed by atoms with Crippen molar-refractivity contribution in [2.24, 2.45) is 11.8 Å². The molecule has 0 aliphatic carbocycles. The van der Waals surface area contributed by atoms with Crippen LogP contribution < -0.4 is 21.3 Å². The van der Waals surface area contributed by atoms with Gasteiger partial charge >= 0.3 is 6.09 Å². The monoisotopic (exact) mass is 753 g/mol. The Balaban J connectivity index is 1.57. The molecule has 294 valence electrons. The lowest BCUT2D eigenvalue weighted by molar-refractivity contribution is -0.131. The van der Waals surface area contributed by atoms with Gasteiger partial charge in [-0.1, -0.05) is 113 Å². The van der Waals surface area contributed by atoms with Gasteiger partial charge in [0, 0.05) is 25.2 Å². The summed E-state index contributed by atoms with van der Waals surface area (Å²) < 4.78 is 5.49. The minimum Gasteiger partial charge on any atom is -0.445 e. The van der Waals surface area contributed by atoms with Crippen molar-refractivity contribution in [2.75, 3.05) is 6.61 Å². The molecular formula is C43H55N5O7. The molecule has 3 aromatic carbocycles. The van der Waals surface area contributed by atoms with Gasteiger partial charge in [-0.3, -0.25) is 19.4 Å². The first-order valence-corrected chi connectivity index (χ1v) is 19.0. The summed E-state index contributed by atoms with van der Waals surface area (Å²) in [6.07, 6.45) is 2.10. The van der Waals surface area contributed by atoms with E-state index in [1.807, 2.05) is 100 Å². The van der Waals surface area contributed by atoms with Gasteiger partial charge < -0.3 is 36.2 Å². The zero-order chi connectivity index (χ0) is 39.7. The largest absolute Gasteiger partial charge is 0.445 e. The first-order chi connectivity index (χ1) is 26.5. The Kier molecular flexibility index (Phi) is 16.6. The number of fused-ring (bicyclic) bond motifs is 1. The van der Waals surface area contributed by atoms with Crippen molar-refractivity contribution in [3.05, 3.63) is 114 Å². The smallest absolute Gasteiger partial charge is 0.408 e.